The summed E-state index contributed by atoms with van der Waals surface area (Å²) in [6, 6.07) is 6.72. The molecule has 1 aromatic carbocycles. The number of carbonyl (C=O) groups is 1. The van der Waals surface area contributed by atoms with Crippen molar-refractivity contribution in [3.63, 3.8) is 0 Å². The van der Waals surface area contributed by atoms with E-state index in [2.05, 4.69) is 5.29 Å². The van der Waals surface area contributed by atoms with Crippen LogP contribution < -0.4 is 0 Å². The second kappa shape index (κ2) is 6.02. The van der Waals surface area contributed by atoms with Crippen molar-refractivity contribution in [1.29, 1.82) is 0 Å². The monoisotopic (exact) mass is 284 g/mol. The molecule has 0 heterocycles. The van der Waals surface area contributed by atoms with E-state index in [-0.39, 0.29) is 0 Å². The number of ether oxygens (including phenoxy) is 1. The predicted molar refractivity (Wildman–Crippen MR) is 73.3 cm³/mol. The third-order valence-corrected chi connectivity index (χ3v) is 2.68. The summed E-state index contributed by atoms with van der Waals surface area (Å²) in [6.45, 7) is 6.71. The minimum Gasteiger partial charge on any atom is -0.436 e. The molecule has 1 unspecified atom stereocenters. The number of esters is 1. The van der Waals surface area contributed by atoms with Gasteiger partial charge in [0, 0.05) is 17.5 Å². The molecule has 1 aromatic rings. The lowest BCUT2D eigenvalue weighted by Gasteiger charge is -2.35. The first-order valence-electron chi connectivity index (χ1n) is 5.81. The molecule has 0 bridgehead atoms. The van der Waals surface area contributed by atoms with Crippen LogP contribution >= 0.6 is 11.6 Å². The number of rotatable bonds is 4. The van der Waals surface area contributed by atoms with Crippen LogP contribution in [0.5, 0.6) is 0 Å². The molecule has 0 aromatic heterocycles. The van der Waals surface area contributed by atoms with E-state index < -0.39 is 17.7 Å². The zero-order chi connectivity index (χ0) is 14.6. The van der Waals surface area contributed by atoms with Gasteiger partial charge in [-0.15, -0.1) is 4.91 Å². The first kappa shape index (κ1) is 15.4. The number of hydrogen-bond acceptors (Lipinski definition) is 4. The van der Waals surface area contributed by atoms with Crippen molar-refractivity contribution in [2.24, 2.45) is 5.29 Å². The second-order valence-corrected chi connectivity index (χ2v) is 5.55. The van der Waals surface area contributed by atoms with Crippen molar-refractivity contribution in [2.45, 2.75) is 39.5 Å². The minimum absolute atomic E-state index is 0.488. The van der Waals surface area contributed by atoms with E-state index in [1.54, 1.807) is 45.0 Å². The van der Waals surface area contributed by atoms with E-state index in [0.29, 0.717) is 10.6 Å². The fourth-order valence-corrected chi connectivity index (χ4v) is 1.69. The highest BCUT2D eigenvalue weighted by atomic mass is 35.5. The Balaban J connectivity index is 3.16. The summed E-state index contributed by atoms with van der Waals surface area (Å²) in [5.74, 6) is -0.488. The third kappa shape index (κ3) is 4.21. The molecular weight excluding hydrogens is 268 g/mol. The number of carbonyl (C=O) groups excluding carboxylic acids is 1. The quantitative estimate of drug-likeness (QED) is 0.366. The van der Waals surface area contributed by atoms with Gasteiger partial charge in [-0.25, -0.2) is 5.01 Å². The predicted octanol–water partition coefficient (Wildman–Crippen LogP) is 3.68. The van der Waals surface area contributed by atoms with E-state index in [0.717, 1.165) is 0 Å². The summed E-state index contributed by atoms with van der Waals surface area (Å²) in [5.41, 5.74) is 0.0516. The molecule has 1 atom stereocenters. The number of benzene rings is 1. The van der Waals surface area contributed by atoms with Crippen LogP contribution in [-0.4, -0.2) is 16.5 Å². The lowest BCUT2D eigenvalue weighted by Crippen LogP contribution is -2.41. The normalized spacial score (nSPS) is 12.7. The van der Waals surface area contributed by atoms with Gasteiger partial charge in [0.2, 0.25) is 6.23 Å². The molecular formula is C13H17ClN2O3. The lowest BCUT2D eigenvalue weighted by molar-refractivity contribution is -0.163. The van der Waals surface area contributed by atoms with Gasteiger partial charge in [0.1, 0.15) is 0 Å². The maximum atomic E-state index is 11.2. The zero-order valence-electron chi connectivity index (χ0n) is 11.4. The van der Waals surface area contributed by atoms with E-state index in [1.165, 1.54) is 11.9 Å². The summed E-state index contributed by atoms with van der Waals surface area (Å²) >= 11 is 5.82. The highest BCUT2D eigenvalue weighted by molar-refractivity contribution is 6.30. The van der Waals surface area contributed by atoms with Crippen LogP contribution in [0.2, 0.25) is 5.02 Å². The Morgan fingerprint density at radius 3 is 2.21 bits per heavy atom. The van der Waals surface area contributed by atoms with Crippen LogP contribution in [0.25, 0.3) is 0 Å². The highest BCUT2D eigenvalue weighted by Crippen LogP contribution is 2.30. The van der Waals surface area contributed by atoms with E-state index in [9.17, 15) is 9.70 Å². The van der Waals surface area contributed by atoms with Gasteiger partial charge in [0.25, 0.3) is 0 Å². The van der Waals surface area contributed by atoms with Crippen molar-refractivity contribution < 1.29 is 9.53 Å². The molecule has 0 N–H and O–H groups in total. The fraction of sp³-hybridized carbons (Fsp3) is 0.462. The van der Waals surface area contributed by atoms with Crippen molar-refractivity contribution in [2.75, 3.05) is 0 Å². The van der Waals surface area contributed by atoms with Crippen molar-refractivity contribution in [3.05, 3.63) is 39.8 Å². The molecule has 19 heavy (non-hydrogen) atoms. The van der Waals surface area contributed by atoms with Crippen LogP contribution in [0.1, 0.15) is 39.5 Å². The Morgan fingerprint density at radius 1 is 1.32 bits per heavy atom. The molecule has 0 fully saturated rings. The van der Waals surface area contributed by atoms with E-state index in [4.69, 9.17) is 16.3 Å². The van der Waals surface area contributed by atoms with Crippen molar-refractivity contribution in [1.82, 2.24) is 5.01 Å². The molecule has 6 heteroatoms. The van der Waals surface area contributed by atoms with Crippen molar-refractivity contribution in [3.8, 4) is 0 Å². The van der Waals surface area contributed by atoms with Gasteiger partial charge in [0.15, 0.2) is 0 Å². The molecule has 0 aliphatic carbocycles. The number of nitroso groups, excluding NO2 is 1. The largest absolute Gasteiger partial charge is 0.436 e. The van der Waals surface area contributed by atoms with Gasteiger partial charge < -0.3 is 4.74 Å². The van der Waals surface area contributed by atoms with Gasteiger partial charge in [-0.2, -0.15) is 0 Å². The Labute approximate surface area is 117 Å². The van der Waals surface area contributed by atoms with Crippen LogP contribution in [0.15, 0.2) is 29.6 Å². The molecule has 0 amide bonds. The first-order valence-corrected chi connectivity index (χ1v) is 6.19. The minimum atomic E-state index is -0.868. The molecule has 0 radical (unpaired) electrons. The molecule has 5 nitrogen and oxygen atoms in total. The Morgan fingerprint density at radius 2 is 1.84 bits per heavy atom. The molecule has 104 valence electrons. The van der Waals surface area contributed by atoms with Gasteiger partial charge in [0.05, 0.1) is 10.8 Å². The molecule has 1 rings (SSSR count). The summed E-state index contributed by atoms with van der Waals surface area (Å²) in [5, 5.41) is 4.75. The molecule has 0 aliphatic heterocycles. The highest BCUT2D eigenvalue weighted by Gasteiger charge is 2.32. The van der Waals surface area contributed by atoms with Crippen molar-refractivity contribution >= 4 is 17.6 Å². The summed E-state index contributed by atoms with van der Waals surface area (Å²) in [7, 11) is 0. The second-order valence-electron chi connectivity index (χ2n) is 5.11. The lowest BCUT2D eigenvalue weighted by atomic mass is 10.1. The van der Waals surface area contributed by atoms with Crippen LogP contribution in [0.4, 0.5) is 0 Å². The summed E-state index contributed by atoms with van der Waals surface area (Å²) in [6.07, 6.45) is -0.868. The summed E-state index contributed by atoms with van der Waals surface area (Å²) < 4.78 is 5.21. The summed E-state index contributed by atoms with van der Waals surface area (Å²) in [4.78, 5) is 22.3. The smallest absolute Gasteiger partial charge is 0.304 e. The van der Waals surface area contributed by atoms with Gasteiger partial charge in [-0.05, 0) is 32.9 Å². The maximum absolute atomic E-state index is 11.2. The Kier molecular flexibility index (Phi) is 4.89. The third-order valence-electron chi connectivity index (χ3n) is 2.43. The molecule has 0 aliphatic rings. The van der Waals surface area contributed by atoms with Gasteiger partial charge in [-0.1, -0.05) is 23.7 Å². The van der Waals surface area contributed by atoms with Crippen LogP contribution in [0, 0.1) is 4.91 Å². The van der Waals surface area contributed by atoms with Crippen LogP contribution in [-0.2, 0) is 9.53 Å². The SMILES string of the molecule is CC(=O)OC(c1ccc(Cl)cc1)N(N=O)C(C)(C)C. The molecule has 0 saturated heterocycles. The zero-order valence-corrected chi connectivity index (χ0v) is 12.1. The van der Waals surface area contributed by atoms with Crippen LogP contribution in [0.3, 0.4) is 0 Å². The number of nitrogens with zero attached hydrogens (tertiary/aromatic N) is 2. The average Bonchev–Trinajstić information content (AvgIpc) is 2.27. The molecule has 0 saturated carbocycles. The Hall–Kier alpha value is -1.62. The standard InChI is InChI=1S/C13H17ClN2O3/c1-9(17)19-12(16(15-18)13(2,3)4)10-5-7-11(14)8-6-10/h5-8,12H,1-4H3. The fourth-order valence-electron chi connectivity index (χ4n) is 1.56. The molecule has 0 spiro atoms. The number of hydrogen-bond donors (Lipinski definition) is 0. The maximum Gasteiger partial charge on any atom is 0.304 e. The average molecular weight is 285 g/mol. The van der Waals surface area contributed by atoms with E-state index in [1.807, 2.05) is 0 Å². The topological polar surface area (TPSA) is 59.0 Å². The first-order chi connectivity index (χ1) is 8.75. The van der Waals surface area contributed by atoms with Gasteiger partial charge >= 0.3 is 5.97 Å². The van der Waals surface area contributed by atoms with E-state index >= 15 is 0 Å². The van der Waals surface area contributed by atoms with Gasteiger partial charge in [-0.3, -0.25) is 4.79 Å². The Bertz CT molecular complexity index is 454. The number of halogens is 1.